The van der Waals surface area contributed by atoms with Gasteiger partial charge in [-0.3, -0.25) is 9.69 Å². The lowest BCUT2D eigenvalue weighted by molar-refractivity contribution is -0.120. The van der Waals surface area contributed by atoms with Crippen molar-refractivity contribution in [2.45, 2.75) is 45.3 Å². The lowest BCUT2D eigenvalue weighted by Crippen LogP contribution is -2.45. The molecule has 0 spiro atoms. The number of ether oxygens (including phenoxy) is 1. The van der Waals surface area contributed by atoms with Crippen molar-refractivity contribution in [1.29, 1.82) is 5.26 Å². The molecule has 2 rings (SSSR count). The zero-order chi connectivity index (χ0) is 17.9. The van der Waals surface area contributed by atoms with Crippen LogP contribution in [0.25, 0.3) is 0 Å². The molecule has 128 valence electrons. The maximum Gasteiger partial charge on any atom is 0.410 e. The molecule has 1 saturated heterocycles. The summed E-state index contributed by atoms with van der Waals surface area (Å²) in [6.45, 7) is 5.89. The number of benzene rings is 1. The Morgan fingerprint density at radius 2 is 2.12 bits per heavy atom. The quantitative estimate of drug-likeness (QED) is 0.830. The second-order valence-electron chi connectivity index (χ2n) is 6.63. The van der Waals surface area contributed by atoms with Crippen LogP contribution >= 0.6 is 15.9 Å². The maximum atomic E-state index is 12.6. The number of hydrogen-bond acceptors (Lipinski definition) is 4. The number of carbonyl (C=O) groups excluding carboxylic acids is 2. The standard InChI is InChI=1S/C17H20BrN3O3/c1-17(2,3)24-16(23)21-8-4-5-14(21)15(22)20-13-7-6-11(10-19)9-12(13)18/h6-7,9,14H,4-5,8H2,1-3H3,(H,20,22)/t14-/m0/s1. The minimum Gasteiger partial charge on any atom is -0.444 e. The molecule has 1 aromatic rings. The summed E-state index contributed by atoms with van der Waals surface area (Å²) in [6.07, 6.45) is 0.879. The molecular formula is C17H20BrN3O3. The second-order valence-corrected chi connectivity index (χ2v) is 7.48. The first-order valence-electron chi connectivity index (χ1n) is 7.71. The van der Waals surface area contributed by atoms with Crippen molar-refractivity contribution in [3.05, 3.63) is 28.2 Å². The van der Waals surface area contributed by atoms with Crippen LogP contribution in [0.5, 0.6) is 0 Å². The van der Waals surface area contributed by atoms with Crippen molar-refractivity contribution < 1.29 is 14.3 Å². The molecule has 1 aromatic carbocycles. The Hall–Kier alpha value is -2.07. The topological polar surface area (TPSA) is 82.4 Å². The lowest BCUT2D eigenvalue weighted by atomic mass is 10.2. The highest BCUT2D eigenvalue weighted by Crippen LogP contribution is 2.26. The SMILES string of the molecule is CC(C)(C)OC(=O)N1CCC[C@H]1C(=O)Nc1ccc(C#N)cc1Br. The van der Waals surface area contributed by atoms with Crippen molar-refractivity contribution in [2.75, 3.05) is 11.9 Å². The smallest absolute Gasteiger partial charge is 0.410 e. The minimum absolute atomic E-state index is 0.260. The van der Waals surface area contributed by atoms with E-state index in [2.05, 4.69) is 21.2 Å². The van der Waals surface area contributed by atoms with Crippen LogP contribution in [0.2, 0.25) is 0 Å². The van der Waals surface area contributed by atoms with Gasteiger partial charge in [-0.25, -0.2) is 4.79 Å². The Kier molecular flexibility index (Phi) is 5.50. The molecule has 2 amide bonds. The summed E-state index contributed by atoms with van der Waals surface area (Å²) in [6, 6.07) is 6.40. The van der Waals surface area contributed by atoms with Crippen LogP contribution in [0, 0.1) is 11.3 Å². The van der Waals surface area contributed by atoms with Gasteiger partial charge in [0, 0.05) is 11.0 Å². The number of nitrogens with zero attached hydrogens (tertiary/aromatic N) is 2. The fraction of sp³-hybridized carbons (Fsp3) is 0.471. The van der Waals surface area contributed by atoms with E-state index in [0.29, 0.717) is 28.7 Å². The molecule has 6 nitrogen and oxygen atoms in total. The second kappa shape index (κ2) is 7.22. The van der Waals surface area contributed by atoms with Gasteiger partial charge in [-0.2, -0.15) is 5.26 Å². The molecule has 0 radical (unpaired) electrons. The number of amides is 2. The van der Waals surface area contributed by atoms with E-state index in [1.54, 1.807) is 39.0 Å². The molecule has 0 saturated carbocycles. The maximum absolute atomic E-state index is 12.6. The fourth-order valence-electron chi connectivity index (χ4n) is 2.48. The largest absolute Gasteiger partial charge is 0.444 e. The van der Waals surface area contributed by atoms with E-state index < -0.39 is 17.7 Å². The van der Waals surface area contributed by atoms with Crippen LogP contribution in [0.4, 0.5) is 10.5 Å². The number of rotatable bonds is 2. The van der Waals surface area contributed by atoms with Crippen LogP contribution < -0.4 is 5.32 Å². The van der Waals surface area contributed by atoms with Gasteiger partial charge in [0.1, 0.15) is 11.6 Å². The summed E-state index contributed by atoms with van der Waals surface area (Å²) < 4.78 is 5.99. The van der Waals surface area contributed by atoms with E-state index in [-0.39, 0.29) is 5.91 Å². The summed E-state index contributed by atoms with van der Waals surface area (Å²) in [4.78, 5) is 26.3. The van der Waals surface area contributed by atoms with Gasteiger partial charge in [-0.05, 0) is 67.7 Å². The van der Waals surface area contributed by atoms with Crippen molar-refractivity contribution in [3.8, 4) is 6.07 Å². The average molecular weight is 394 g/mol. The van der Waals surface area contributed by atoms with Crippen LogP contribution in [-0.2, 0) is 9.53 Å². The van der Waals surface area contributed by atoms with E-state index in [1.165, 1.54) is 4.90 Å². The zero-order valence-corrected chi connectivity index (χ0v) is 15.5. The normalized spacial score (nSPS) is 17.3. The fourth-order valence-corrected chi connectivity index (χ4v) is 2.96. The van der Waals surface area contributed by atoms with Crippen LogP contribution in [0.1, 0.15) is 39.2 Å². The number of anilines is 1. The Labute approximate surface area is 149 Å². The Morgan fingerprint density at radius 3 is 2.71 bits per heavy atom. The van der Waals surface area contributed by atoms with E-state index in [9.17, 15) is 9.59 Å². The van der Waals surface area contributed by atoms with E-state index in [0.717, 1.165) is 6.42 Å². The predicted molar refractivity (Wildman–Crippen MR) is 93.4 cm³/mol. The average Bonchev–Trinajstić information content (AvgIpc) is 2.97. The van der Waals surface area contributed by atoms with Crippen molar-refractivity contribution in [2.24, 2.45) is 0 Å². The molecule has 0 unspecified atom stereocenters. The summed E-state index contributed by atoms with van der Waals surface area (Å²) in [7, 11) is 0. The first kappa shape index (κ1) is 18.3. The summed E-state index contributed by atoms with van der Waals surface area (Å²) in [5.74, 6) is -0.260. The van der Waals surface area contributed by atoms with Gasteiger partial charge in [0.05, 0.1) is 17.3 Å². The Bertz CT molecular complexity index is 691. The molecule has 0 bridgehead atoms. The molecule has 0 aliphatic carbocycles. The number of nitrogens with one attached hydrogen (secondary N) is 1. The number of carbonyl (C=O) groups is 2. The van der Waals surface area contributed by atoms with Gasteiger partial charge in [-0.15, -0.1) is 0 Å². The number of nitriles is 1. The third-order valence-electron chi connectivity index (χ3n) is 3.54. The molecular weight excluding hydrogens is 374 g/mol. The molecule has 7 heteroatoms. The zero-order valence-electron chi connectivity index (χ0n) is 13.9. The van der Waals surface area contributed by atoms with Gasteiger partial charge in [0.15, 0.2) is 0 Å². The van der Waals surface area contributed by atoms with Gasteiger partial charge in [0.25, 0.3) is 0 Å². The minimum atomic E-state index is -0.600. The number of hydrogen-bond donors (Lipinski definition) is 1. The van der Waals surface area contributed by atoms with Gasteiger partial charge < -0.3 is 10.1 Å². The molecule has 1 fully saturated rings. The summed E-state index contributed by atoms with van der Waals surface area (Å²) in [5.41, 5.74) is 0.461. The van der Waals surface area contributed by atoms with Gasteiger partial charge in [-0.1, -0.05) is 0 Å². The first-order valence-corrected chi connectivity index (χ1v) is 8.51. The molecule has 24 heavy (non-hydrogen) atoms. The monoisotopic (exact) mass is 393 g/mol. The van der Waals surface area contributed by atoms with Crippen LogP contribution in [-0.4, -0.2) is 35.1 Å². The molecule has 1 aliphatic heterocycles. The number of halogens is 1. The Morgan fingerprint density at radius 1 is 1.42 bits per heavy atom. The molecule has 1 aliphatic rings. The molecule has 1 heterocycles. The van der Waals surface area contributed by atoms with Crippen molar-refractivity contribution in [1.82, 2.24) is 4.90 Å². The molecule has 1 atom stereocenters. The van der Waals surface area contributed by atoms with Crippen molar-refractivity contribution >= 4 is 33.6 Å². The lowest BCUT2D eigenvalue weighted by Gasteiger charge is -2.28. The highest BCUT2D eigenvalue weighted by molar-refractivity contribution is 9.10. The van der Waals surface area contributed by atoms with E-state index in [4.69, 9.17) is 10.00 Å². The van der Waals surface area contributed by atoms with Crippen LogP contribution in [0.15, 0.2) is 22.7 Å². The third-order valence-corrected chi connectivity index (χ3v) is 4.20. The Balaban J connectivity index is 2.08. The summed E-state index contributed by atoms with van der Waals surface area (Å²) >= 11 is 3.34. The van der Waals surface area contributed by atoms with Crippen molar-refractivity contribution in [3.63, 3.8) is 0 Å². The van der Waals surface area contributed by atoms with E-state index >= 15 is 0 Å². The number of likely N-dealkylation sites (tertiary alicyclic amines) is 1. The molecule has 1 N–H and O–H groups in total. The van der Waals surface area contributed by atoms with Gasteiger partial charge in [0.2, 0.25) is 5.91 Å². The highest BCUT2D eigenvalue weighted by atomic mass is 79.9. The third kappa shape index (κ3) is 4.48. The highest BCUT2D eigenvalue weighted by Gasteiger charge is 2.36. The molecule has 0 aromatic heterocycles. The predicted octanol–water partition coefficient (Wildman–Crippen LogP) is 3.66. The summed E-state index contributed by atoms with van der Waals surface area (Å²) in [5, 5.41) is 11.7. The van der Waals surface area contributed by atoms with Crippen LogP contribution in [0.3, 0.4) is 0 Å². The van der Waals surface area contributed by atoms with E-state index in [1.807, 2.05) is 6.07 Å². The first-order chi connectivity index (χ1) is 11.2. The van der Waals surface area contributed by atoms with Gasteiger partial charge >= 0.3 is 6.09 Å².